The number of hydrogen-bond donors (Lipinski definition) is 3. The molecule has 7 heteroatoms. The molecule has 0 heterocycles. The molecular weight excluding hydrogens is 187 g/mol. The number of carbonyl (C=O) groups excluding carboxylic acids is 1. The van der Waals surface area contributed by atoms with Crippen molar-refractivity contribution in [3.05, 3.63) is 0 Å². The highest BCUT2D eigenvalue weighted by Gasteiger charge is 2.17. The highest BCUT2D eigenvalue weighted by Crippen LogP contribution is 2.35. The van der Waals surface area contributed by atoms with E-state index in [2.05, 4.69) is 4.52 Å². The second-order valence-corrected chi connectivity index (χ2v) is 3.59. The van der Waals surface area contributed by atoms with E-state index in [4.69, 9.17) is 14.9 Å². The minimum Gasteiger partial charge on any atom is -0.390 e. The maximum absolute atomic E-state index is 10.4. The summed E-state index contributed by atoms with van der Waals surface area (Å²) in [6, 6.07) is 0. The first-order valence-corrected chi connectivity index (χ1v) is 4.72. The maximum atomic E-state index is 10.4. The third-order valence-electron chi connectivity index (χ3n) is 0.958. The van der Waals surface area contributed by atoms with Gasteiger partial charge in [-0.1, -0.05) is 0 Å². The number of carbonyl (C=O) groups is 1. The maximum Gasteiger partial charge on any atom is 0.469 e. The minimum absolute atomic E-state index is 0.167. The van der Waals surface area contributed by atoms with Crippen LogP contribution in [0.25, 0.3) is 0 Å². The van der Waals surface area contributed by atoms with Crippen molar-refractivity contribution in [1.82, 2.24) is 0 Å². The molecule has 0 rings (SSSR count). The van der Waals surface area contributed by atoms with Crippen molar-refractivity contribution in [1.29, 1.82) is 0 Å². The predicted molar refractivity (Wildman–Crippen MR) is 39.3 cm³/mol. The standard InChI is InChI=1S/C5H11O6P/c1-4(6)2-5(7)3-11-12(8,9)10/h5,7H,2-3H2,1H3,(H2,8,9,10)/t5-/m0/s1. The van der Waals surface area contributed by atoms with Gasteiger partial charge in [-0.25, -0.2) is 4.57 Å². The Labute approximate surface area is 69.4 Å². The molecule has 0 aliphatic carbocycles. The van der Waals surface area contributed by atoms with Crippen LogP contribution in [0.4, 0.5) is 0 Å². The van der Waals surface area contributed by atoms with E-state index in [1.165, 1.54) is 6.92 Å². The topological polar surface area (TPSA) is 104 Å². The Morgan fingerprint density at radius 2 is 2.08 bits per heavy atom. The van der Waals surface area contributed by atoms with Crippen molar-refractivity contribution in [2.75, 3.05) is 6.61 Å². The lowest BCUT2D eigenvalue weighted by Crippen LogP contribution is -2.17. The zero-order chi connectivity index (χ0) is 9.78. The average Bonchev–Trinajstić information content (AvgIpc) is 1.80. The van der Waals surface area contributed by atoms with Crippen LogP contribution in [0.15, 0.2) is 0 Å². The smallest absolute Gasteiger partial charge is 0.390 e. The van der Waals surface area contributed by atoms with Crippen molar-refractivity contribution in [2.24, 2.45) is 0 Å². The Balaban J connectivity index is 3.65. The molecule has 0 radical (unpaired) electrons. The first-order chi connectivity index (χ1) is 5.31. The molecule has 0 saturated carbocycles. The normalized spacial score (nSPS) is 14.3. The highest BCUT2D eigenvalue weighted by molar-refractivity contribution is 7.46. The fourth-order valence-electron chi connectivity index (χ4n) is 0.574. The van der Waals surface area contributed by atoms with Crippen LogP contribution in [0.5, 0.6) is 0 Å². The van der Waals surface area contributed by atoms with Gasteiger partial charge in [-0.2, -0.15) is 0 Å². The summed E-state index contributed by atoms with van der Waals surface area (Å²) in [6.07, 6.45) is -1.32. The number of phosphoric acid groups is 1. The number of aliphatic hydroxyl groups is 1. The lowest BCUT2D eigenvalue weighted by atomic mass is 10.2. The number of ketones is 1. The van der Waals surface area contributed by atoms with Crippen LogP contribution in [0, 0.1) is 0 Å². The van der Waals surface area contributed by atoms with E-state index < -0.39 is 20.5 Å². The zero-order valence-electron chi connectivity index (χ0n) is 6.51. The molecule has 0 saturated heterocycles. The van der Waals surface area contributed by atoms with Crippen molar-refractivity contribution in [2.45, 2.75) is 19.4 Å². The molecule has 0 spiro atoms. The molecule has 0 aromatic rings. The number of rotatable bonds is 5. The van der Waals surface area contributed by atoms with Crippen molar-refractivity contribution < 1.29 is 28.8 Å². The Bertz CT molecular complexity index is 196. The molecule has 0 aromatic heterocycles. The molecular formula is C5H11O6P. The summed E-state index contributed by atoms with van der Waals surface area (Å²) < 4.78 is 14.1. The van der Waals surface area contributed by atoms with Crippen molar-refractivity contribution >= 4 is 13.6 Å². The zero-order valence-corrected chi connectivity index (χ0v) is 7.40. The number of phosphoric ester groups is 1. The molecule has 0 aliphatic rings. The van der Waals surface area contributed by atoms with E-state index in [0.29, 0.717) is 0 Å². The van der Waals surface area contributed by atoms with Gasteiger partial charge in [0.15, 0.2) is 0 Å². The summed E-state index contributed by atoms with van der Waals surface area (Å²) >= 11 is 0. The molecule has 0 aromatic carbocycles. The Morgan fingerprint density at radius 1 is 1.58 bits per heavy atom. The second-order valence-electron chi connectivity index (χ2n) is 2.35. The second kappa shape index (κ2) is 4.69. The van der Waals surface area contributed by atoms with Crippen molar-refractivity contribution in [3.63, 3.8) is 0 Å². The third kappa shape index (κ3) is 7.84. The molecule has 0 aliphatic heterocycles. The summed E-state index contributed by atoms with van der Waals surface area (Å²) in [7, 11) is -4.53. The van der Waals surface area contributed by atoms with Crippen LogP contribution in [0.1, 0.15) is 13.3 Å². The SMILES string of the molecule is CC(=O)C[C@H](O)COP(=O)(O)O. The van der Waals surface area contributed by atoms with Gasteiger partial charge >= 0.3 is 7.82 Å². The first kappa shape index (κ1) is 11.7. The fraction of sp³-hybridized carbons (Fsp3) is 0.800. The fourth-order valence-corrected chi connectivity index (χ4v) is 0.940. The van der Waals surface area contributed by atoms with Crippen molar-refractivity contribution in [3.8, 4) is 0 Å². The predicted octanol–water partition coefficient (Wildman–Crippen LogP) is -0.564. The van der Waals surface area contributed by atoms with Gasteiger partial charge < -0.3 is 14.9 Å². The first-order valence-electron chi connectivity index (χ1n) is 3.19. The molecule has 3 N–H and O–H groups in total. The van der Waals surface area contributed by atoms with Gasteiger partial charge in [0.25, 0.3) is 0 Å². The van der Waals surface area contributed by atoms with Gasteiger partial charge in [0.1, 0.15) is 5.78 Å². The van der Waals surface area contributed by atoms with Gasteiger partial charge in [0.05, 0.1) is 12.7 Å². The van der Waals surface area contributed by atoms with Crippen LogP contribution >= 0.6 is 7.82 Å². The molecule has 0 bridgehead atoms. The third-order valence-corrected chi connectivity index (χ3v) is 1.44. The Morgan fingerprint density at radius 3 is 2.42 bits per heavy atom. The monoisotopic (exact) mass is 198 g/mol. The lowest BCUT2D eigenvalue weighted by molar-refractivity contribution is -0.119. The molecule has 6 nitrogen and oxygen atoms in total. The quantitative estimate of drug-likeness (QED) is 0.511. The van der Waals surface area contributed by atoms with E-state index in [-0.39, 0.29) is 12.2 Å². The number of Topliss-reactive ketones (excluding diaryl/α,β-unsaturated/α-hetero) is 1. The van der Waals surface area contributed by atoms with Crippen LogP contribution in [-0.2, 0) is 13.9 Å². The molecule has 72 valence electrons. The van der Waals surface area contributed by atoms with Gasteiger partial charge in [0.2, 0.25) is 0 Å². The van der Waals surface area contributed by atoms with Crippen LogP contribution in [-0.4, -0.2) is 33.4 Å². The van der Waals surface area contributed by atoms with E-state index >= 15 is 0 Å². The average molecular weight is 198 g/mol. The Kier molecular flexibility index (Phi) is 4.59. The summed E-state index contributed by atoms with van der Waals surface area (Å²) in [5, 5.41) is 8.89. The molecule has 12 heavy (non-hydrogen) atoms. The van der Waals surface area contributed by atoms with E-state index in [9.17, 15) is 9.36 Å². The van der Waals surface area contributed by atoms with E-state index in [1.807, 2.05) is 0 Å². The van der Waals surface area contributed by atoms with Crippen LogP contribution in [0.3, 0.4) is 0 Å². The number of aliphatic hydroxyl groups excluding tert-OH is 1. The minimum atomic E-state index is -4.53. The van der Waals surface area contributed by atoms with E-state index in [0.717, 1.165) is 0 Å². The summed E-state index contributed by atoms with van der Waals surface area (Å²) in [6.45, 7) is 0.727. The van der Waals surface area contributed by atoms with Gasteiger partial charge in [-0.15, -0.1) is 0 Å². The summed E-state index contributed by atoms with van der Waals surface area (Å²) in [4.78, 5) is 26.8. The van der Waals surface area contributed by atoms with Crippen LogP contribution in [0.2, 0.25) is 0 Å². The molecule has 0 unspecified atom stereocenters. The van der Waals surface area contributed by atoms with Gasteiger partial charge in [-0.05, 0) is 6.92 Å². The summed E-state index contributed by atoms with van der Waals surface area (Å²) in [5.74, 6) is -0.267. The molecule has 0 amide bonds. The molecule has 0 fully saturated rings. The number of hydrogen-bond acceptors (Lipinski definition) is 4. The molecule has 1 atom stereocenters. The van der Waals surface area contributed by atoms with Crippen LogP contribution < -0.4 is 0 Å². The van der Waals surface area contributed by atoms with Gasteiger partial charge in [0, 0.05) is 6.42 Å². The van der Waals surface area contributed by atoms with Gasteiger partial charge in [-0.3, -0.25) is 9.32 Å². The summed E-state index contributed by atoms with van der Waals surface area (Å²) in [5.41, 5.74) is 0. The largest absolute Gasteiger partial charge is 0.469 e. The van der Waals surface area contributed by atoms with E-state index in [1.54, 1.807) is 0 Å². The highest BCUT2D eigenvalue weighted by atomic mass is 31.2. The lowest BCUT2D eigenvalue weighted by Gasteiger charge is -2.09. The Hall–Kier alpha value is -0.260.